The molecule has 0 unspecified atom stereocenters. The highest BCUT2D eigenvalue weighted by atomic mass is 16.6. The molecule has 0 amide bonds. The van der Waals surface area contributed by atoms with Crippen molar-refractivity contribution in [2.24, 2.45) is 17.8 Å². The van der Waals surface area contributed by atoms with Crippen molar-refractivity contribution in [3.05, 3.63) is 24.3 Å². The summed E-state index contributed by atoms with van der Waals surface area (Å²) >= 11 is 0. The van der Waals surface area contributed by atoms with Crippen LogP contribution in [0.2, 0.25) is 0 Å². The van der Waals surface area contributed by atoms with Crippen LogP contribution in [0.25, 0.3) is 0 Å². The van der Waals surface area contributed by atoms with Gasteiger partial charge in [0, 0.05) is 18.8 Å². The molecule has 0 aromatic rings. The summed E-state index contributed by atoms with van der Waals surface area (Å²) < 4.78 is 10.5. The highest BCUT2D eigenvalue weighted by Crippen LogP contribution is 2.36. The van der Waals surface area contributed by atoms with Crippen LogP contribution in [0.1, 0.15) is 168 Å². The summed E-state index contributed by atoms with van der Waals surface area (Å²) in [6, 6.07) is 0. The fourth-order valence-corrected chi connectivity index (χ4v) is 6.65. The minimum atomic E-state index is -0.912. The third-order valence-corrected chi connectivity index (χ3v) is 9.78. The molecule has 1 aliphatic carbocycles. The zero-order chi connectivity index (χ0) is 36.1. The van der Waals surface area contributed by atoms with Gasteiger partial charge in [-0.1, -0.05) is 154 Å². The van der Waals surface area contributed by atoms with Crippen molar-refractivity contribution in [3.63, 3.8) is 0 Å². The van der Waals surface area contributed by atoms with Crippen LogP contribution in [0.5, 0.6) is 0 Å². The van der Waals surface area contributed by atoms with Crippen LogP contribution in [-0.4, -0.2) is 70.0 Å². The molecule has 0 spiro atoms. The summed E-state index contributed by atoms with van der Waals surface area (Å²) in [5.74, 6) is -0.544. The van der Waals surface area contributed by atoms with Crippen LogP contribution in [0, 0.1) is 17.8 Å². The number of unbranched alkanes of at least 4 members (excludes halogenated alkanes) is 15. The van der Waals surface area contributed by atoms with E-state index in [0.29, 0.717) is 19.3 Å². The molecular formula is C41H74O8. The summed E-state index contributed by atoms with van der Waals surface area (Å²) in [6.07, 6.45) is 27.9. The minimum Gasteiger partial charge on any atom is -0.462 e. The number of hydrogen-bond donors (Lipinski definition) is 4. The molecule has 0 radical (unpaired) electrons. The first-order valence-corrected chi connectivity index (χ1v) is 20.0. The molecule has 1 aliphatic rings. The van der Waals surface area contributed by atoms with Gasteiger partial charge in [0.25, 0.3) is 0 Å². The Labute approximate surface area is 299 Å². The number of aliphatic hydroxyl groups is 4. The molecule has 0 saturated heterocycles. The van der Waals surface area contributed by atoms with Gasteiger partial charge in [0.15, 0.2) is 6.10 Å². The average Bonchev–Trinajstić information content (AvgIpc) is 3.34. The third-order valence-electron chi connectivity index (χ3n) is 9.78. The Hall–Kier alpha value is -1.74. The van der Waals surface area contributed by atoms with Crippen LogP contribution in [-0.2, 0) is 19.1 Å². The lowest BCUT2D eigenvalue weighted by molar-refractivity contribution is -0.160. The van der Waals surface area contributed by atoms with Gasteiger partial charge in [0.2, 0.25) is 0 Å². The summed E-state index contributed by atoms with van der Waals surface area (Å²) in [6.45, 7) is 6.11. The largest absolute Gasteiger partial charge is 0.462 e. The Kier molecular flexibility index (Phi) is 27.7. The Balaban J connectivity index is 2.12. The lowest BCUT2D eigenvalue weighted by Gasteiger charge is -2.19. The lowest BCUT2D eigenvalue weighted by Crippen LogP contribution is -2.28. The molecule has 1 saturated carbocycles. The SMILES string of the molecule is CCCCC[C@@H](O)/C=C/[C@@H]1[C@H](C/C=C\CC(=O)O[C@@H](CO)COC(=O)CCCCCCCCCCCCCCCCC(C)C)[C@@H](O)C[C@H]1O. The van der Waals surface area contributed by atoms with Crippen molar-refractivity contribution in [1.29, 1.82) is 0 Å². The van der Waals surface area contributed by atoms with Gasteiger partial charge in [0.05, 0.1) is 31.3 Å². The number of ether oxygens (including phenoxy) is 2. The number of hydrogen-bond acceptors (Lipinski definition) is 8. The molecule has 0 heterocycles. The van der Waals surface area contributed by atoms with Crippen LogP contribution >= 0.6 is 0 Å². The lowest BCUT2D eigenvalue weighted by atomic mass is 9.89. The van der Waals surface area contributed by atoms with Crippen molar-refractivity contribution in [3.8, 4) is 0 Å². The van der Waals surface area contributed by atoms with Crippen molar-refractivity contribution >= 4 is 11.9 Å². The standard InChI is InChI=1S/C41H74O8/c1-4-5-18-24-34(43)28-29-37-36(38(44)30-39(37)45)25-21-22-27-41(47)49-35(31-42)32-48-40(46)26-20-17-15-13-11-9-7-6-8-10-12-14-16-19-23-33(2)3/h21-22,28-29,33-39,42-45H,4-20,23-27,30-32H2,1-3H3/b22-21-,29-28+/t34-,35+,36+,37-,38+,39-/m1/s1. The van der Waals surface area contributed by atoms with E-state index in [4.69, 9.17) is 9.47 Å². The van der Waals surface area contributed by atoms with Crippen LogP contribution < -0.4 is 0 Å². The van der Waals surface area contributed by atoms with Crippen LogP contribution in [0.3, 0.4) is 0 Å². The second kappa shape index (κ2) is 29.9. The molecule has 0 aromatic carbocycles. The van der Waals surface area contributed by atoms with E-state index >= 15 is 0 Å². The quantitative estimate of drug-likeness (QED) is 0.0323. The van der Waals surface area contributed by atoms with E-state index in [1.807, 2.05) is 6.08 Å². The van der Waals surface area contributed by atoms with E-state index in [1.54, 1.807) is 18.2 Å². The summed E-state index contributed by atoms with van der Waals surface area (Å²) in [4.78, 5) is 24.5. The maximum absolute atomic E-state index is 12.3. The first kappa shape index (κ1) is 45.3. The van der Waals surface area contributed by atoms with Crippen molar-refractivity contribution < 1.29 is 39.5 Å². The van der Waals surface area contributed by atoms with Gasteiger partial charge in [-0.2, -0.15) is 0 Å². The van der Waals surface area contributed by atoms with Crippen molar-refractivity contribution in [2.45, 2.75) is 193 Å². The molecule has 8 nitrogen and oxygen atoms in total. The predicted octanol–water partition coefficient (Wildman–Crippen LogP) is 8.52. The van der Waals surface area contributed by atoms with E-state index in [0.717, 1.165) is 44.4 Å². The van der Waals surface area contributed by atoms with E-state index in [2.05, 4.69) is 20.8 Å². The number of allylic oxidation sites excluding steroid dienone is 1. The molecule has 1 fully saturated rings. The molecule has 49 heavy (non-hydrogen) atoms. The number of carbonyl (C=O) groups excluding carboxylic acids is 2. The maximum atomic E-state index is 12.3. The predicted molar refractivity (Wildman–Crippen MR) is 198 cm³/mol. The first-order valence-electron chi connectivity index (χ1n) is 20.0. The normalized spacial score (nSPS) is 20.8. The van der Waals surface area contributed by atoms with Gasteiger partial charge < -0.3 is 29.9 Å². The molecule has 0 aliphatic heterocycles. The summed E-state index contributed by atoms with van der Waals surface area (Å²) in [5.41, 5.74) is 0. The van der Waals surface area contributed by atoms with Gasteiger partial charge in [-0.15, -0.1) is 0 Å². The highest BCUT2D eigenvalue weighted by Gasteiger charge is 2.39. The van der Waals surface area contributed by atoms with Gasteiger partial charge in [0.1, 0.15) is 6.61 Å². The zero-order valence-electron chi connectivity index (χ0n) is 31.5. The Morgan fingerprint density at radius 2 is 1.33 bits per heavy atom. The average molecular weight is 695 g/mol. The maximum Gasteiger partial charge on any atom is 0.310 e. The second-order valence-corrected chi connectivity index (χ2v) is 14.8. The summed E-state index contributed by atoms with van der Waals surface area (Å²) in [7, 11) is 0. The van der Waals surface area contributed by atoms with E-state index in [1.165, 1.54) is 77.0 Å². The number of carbonyl (C=O) groups is 2. The Morgan fingerprint density at radius 3 is 1.90 bits per heavy atom. The van der Waals surface area contributed by atoms with E-state index in [-0.39, 0.29) is 37.3 Å². The molecular weight excluding hydrogens is 620 g/mol. The number of rotatable bonds is 31. The fourth-order valence-electron chi connectivity index (χ4n) is 6.65. The molecule has 0 bridgehead atoms. The smallest absolute Gasteiger partial charge is 0.310 e. The van der Waals surface area contributed by atoms with E-state index in [9.17, 15) is 30.0 Å². The topological polar surface area (TPSA) is 134 Å². The molecule has 1 rings (SSSR count). The first-order chi connectivity index (χ1) is 23.7. The van der Waals surface area contributed by atoms with Gasteiger partial charge in [-0.3, -0.25) is 9.59 Å². The number of esters is 2. The number of aliphatic hydroxyl groups excluding tert-OH is 4. The van der Waals surface area contributed by atoms with Crippen molar-refractivity contribution in [2.75, 3.05) is 13.2 Å². The van der Waals surface area contributed by atoms with Gasteiger partial charge >= 0.3 is 11.9 Å². The monoisotopic (exact) mass is 695 g/mol. The summed E-state index contributed by atoms with van der Waals surface area (Å²) in [5, 5.41) is 40.7. The molecule has 0 aromatic heterocycles. The van der Waals surface area contributed by atoms with Crippen molar-refractivity contribution in [1.82, 2.24) is 0 Å². The van der Waals surface area contributed by atoms with E-state index < -0.39 is 37.0 Å². The van der Waals surface area contributed by atoms with Crippen LogP contribution in [0.15, 0.2) is 24.3 Å². The molecule has 6 atom stereocenters. The van der Waals surface area contributed by atoms with Gasteiger partial charge in [-0.05, 0) is 31.1 Å². The molecule has 4 N–H and O–H groups in total. The third kappa shape index (κ3) is 24.1. The highest BCUT2D eigenvalue weighted by molar-refractivity contribution is 5.71. The Bertz CT molecular complexity index is 872. The fraction of sp³-hybridized carbons (Fsp3) is 0.854. The zero-order valence-corrected chi connectivity index (χ0v) is 31.5. The molecule has 8 heteroatoms. The van der Waals surface area contributed by atoms with Crippen LogP contribution in [0.4, 0.5) is 0 Å². The minimum absolute atomic E-state index is 0.0227. The van der Waals surface area contributed by atoms with Gasteiger partial charge in [-0.25, -0.2) is 0 Å². The second-order valence-electron chi connectivity index (χ2n) is 14.8. The molecule has 286 valence electrons. The Morgan fingerprint density at radius 1 is 0.755 bits per heavy atom.